The topological polar surface area (TPSA) is 110 Å². The molecule has 0 radical (unpaired) electrons. The number of ether oxygens (including phenoxy) is 2. The third kappa shape index (κ3) is 5.45. The number of rotatable bonds is 15. The van der Waals surface area contributed by atoms with Crippen molar-refractivity contribution in [3.8, 4) is 0 Å². The van der Waals surface area contributed by atoms with Gasteiger partial charge in [0.2, 0.25) is 0 Å². The van der Waals surface area contributed by atoms with Crippen LogP contribution in [0.25, 0.3) is 0 Å². The van der Waals surface area contributed by atoms with Crippen molar-refractivity contribution < 1.29 is 24.8 Å². The predicted octanol–water partition coefficient (Wildman–Crippen LogP) is 0.901. The lowest BCUT2D eigenvalue weighted by Gasteiger charge is -2.27. The Morgan fingerprint density at radius 2 is 1.89 bits per heavy atom. The van der Waals surface area contributed by atoms with E-state index in [0.717, 1.165) is 12.3 Å². The fourth-order valence-electron chi connectivity index (χ4n) is 4.28. The minimum atomic E-state index is -0.819. The van der Waals surface area contributed by atoms with Crippen molar-refractivity contribution in [2.24, 2.45) is 5.92 Å². The standard InChI is InChI=1S/C21H40N2O5/c1-4-15(18(26)21(12-25)13-27-21)22-19-17(28-19)16(11-24)23-20(9-10-20)8-6-5-7-14(2)3/h14-19,22-26H,4-13H2,1-3H3. The third-order valence-electron chi connectivity index (χ3n) is 6.67. The molecule has 0 bridgehead atoms. The molecular weight excluding hydrogens is 360 g/mol. The summed E-state index contributed by atoms with van der Waals surface area (Å²) in [5.74, 6) is 0.757. The number of nitrogens with one attached hydrogen (secondary N) is 2. The van der Waals surface area contributed by atoms with E-state index in [-0.39, 0.29) is 43.2 Å². The predicted molar refractivity (Wildman–Crippen MR) is 107 cm³/mol. The van der Waals surface area contributed by atoms with Crippen molar-refractivity contribution in [2.75, 3.05) is 19.8 Å². The molecule has 0 spiro atoms. The van der Waals surface area contributed by atoms with Crippen LogP contribution in [0.2, 0.25) is 0 Å². The van der Waals surface area contributed by atoms with Crippen molar-refractivity contribution in [3.63, 3.8) is 0 Å². The number of epoxide rings is 2. The molecule has 6 atom stereocenters. The van der Waals surface area contributed by atoms with E-state index < -0.39 is 11.7 Å². The summed E-state index contributed by atoms with van der Waals surface area (Å²) in [5, 5.41) is 36.9. The number of aliphatic hydroxyl groups is 3. The Labute approximate surface area is 169 Å². The van der Waals surface area contributed by atoms with Crippen LogP contribution in [-0.2, 0) is 9.47 Å². The quantitative estimate of drug-likeness (QED) is 0.205. The second-order valence-corrected chi connectivity index (χ2v) is 9.51. The molecule has 2 aliphatic heterocycles. The highest BCUT2D eigenvalue weighted by molar-refractivity contribution is 5.08. The lowest BCUT2D eigenvalue weighted by atomic mass is 9.95. The summed E-state index contributed by atoms with van der Waals surface area (Å²) < 4.78 is 11.1. The van der Waals surface area contributed by atoms with Crippen LogP contribution < -0.4 is 10.6 Å². The number of hydrogen-bond donors (Lipinski definition) is 5. The summed E-state index contributed by atoms with van der Waals surface area (Å²) >= 11 is 0. The minimum Gasteiger partial charge on any atom is -0.395 e. The van der Waals surface area contributed by atoms with Crippen molar-refractivity contribution in [1.29, 1.82) is 0 Å². The molecule has 5 N–H and O–H groups in total. The number of aliphatic hydroxyl groups excluding tert-OH is 3. The zero-order valence-electron chi connectivity index (χ0n) is 17.7. The van der Waals surface area contributed by atoms with Gasteiger partial charge in [-0.25, -0.2) is 0 Å². The second-order valence-electron chi connectivity index (χ2n) is 9.51. The lowest BCUT2D eigenvalue weighted by Crippen LogP contribution is -2.52. The molecule has 0 amide bonds. The van der Waals surface area contributed by atoms with E-state index in [0.29, 0.717) is 13.0 Å². The molecule has 1 saturated carbocycles. The van der Waals surface area contributed by atoms with Crippen LogP contribution in [-0.4, -0.2) is 76.8 Å². The zero-order valence-corrected chi connectivity index (χ0v) is 17.7. The van der Waals surface area contributed by atoms with E-state index in [4.69, 9.17) is 9.47 Å². The summed E-state index contributed by atoms with van der Waals surface area (Å²) in [6, 6.07) is -0.307. The molecule has 7 nitrogen and oxygen atoms in total. The Balaban J connectivity index is 1.43. The average Bonchev–Trinajstić information content (AvgIpc) is 3.56. The first-order valence-corrected chi connectivity index (χ1v) is 11.1. The summed E-state index contributed by atoms with van der Waals surface area (Å²) in [6.07, 6.45) is 6.92. The maximum absolute atomic E-state index is 10.5. The Morgan fingerprint density at radius 1 is 1.18 bits per heavy atom. The van der Waals surface area contributed by atoms with Gasteiger partial charge in [0.25, 0.3) is 0 Å². The zero-order chi connectivity index (χ0) is 20.4. The highest BCUT2D eigenvalue weighted by Gasteiger charge is 2.56. The average molecular weight is 401 g/mol. The van der Waals surface area contributed by atoms with Crippen LogP contribution in [0.5, 0.6) is 0 Å². The van der Waals surface area contributed by atoms with Crippen molar-refractivity contribution >= 4 is 0 Å². The molecule has 164 valence electrons. The monoisotopic (exact) mass is 400 g/mol. The van der Waals surface area contributed by atoms with Gasteiger partial charge >= 0.3 is 0 Å². The van der Waals surface area contributed by atoms with E-state index in [1.54, 1.807) is 0 Å². The Hall–Kier alpha value is -0.280. The molecule has 3 aliphatic rings. The first-order chi connectivity index (χ1) is 13.4. The van der Waals surface area contributed by atoms with Crippen molar-refractivity contribution in [3.05, 3.63) is 0 Å². The summed E-state index contributed by atoms with van der Waals surface area (Å²) in [4.78, 5) is 0. The van der Waals surface area contributed by atoms with E-state index in [1.807, 2.05) is 6.92 Å². The largest absolute Gasteiger partial charge is 0.395 e. The smallest absolute Gasteiger partial charge is 0.142 e. The van der Waals surface area contributed by atoms with Gasteiger partial charge < -0.3 is 30.1 Å². The van der Waals surface area contributed by atoms with E-state index >= 15 is 0 Å². The maximum atomic E-state index is 10.5. The van der Waals surface area contributed by atoms with Crippen LogP contribution in [0.1, 0.15) is 65.7 Å². The van der Waals surface area contributed by atoms with E-state index in [9.17, 15) is 15.3 Å². The molecule has 1 aliphatic carbocycles. The SMILES string of the molecule is CCC(NC1OC1C(CO)NC1(CCCCC(C)C)CC1)C(O)C1(CO)CO1. The second kappa shape index (κ2) is 9.25. The fourth-order valence-corrected chi connectivity index (χ4v) is 4.28. The fraction of sp³-hybridized carbons (Fsp3) is 1.00. The summed E-state index contributed by atoms with van der Waals surface area (Å²) in [6.45, 7) is 6.77. The van der Waals surface area contributed by atoms with Crippen LogP contribution in [0.4, 0.5) is 0 Å². The first kappa shape index (κ1) is 22.4. The molecule has 3 fully saturated rings. The van der Waals surface area contributed by atoms with Crippen LogP contribution >= 0.6 is 0 Å². The molecule has 0 aromatic heterocycles. The van der Waals surface area contributed by atoms with Crippen molar-refractivity contribution in [2.45, 2.75) is 107 Å². The van der Waals surface area contributed by atoms with Gasteiger partial charge in [-0.05, 0) is 31.6 Å². The molecule has 7 heteroatoms. The molecular formula is C21H40N2O5. The Kier molecular flexibility index (Phi) is 7.40. The highest BCUT2D eigenvalue weighted by atomic mass is 16.6. The maximum Gasteiger partial charge on any atom is 0.142 e. The van der Waals surface area contributed by atoms with Gasteiger partial charge in [0, 0.05) is 11.6 Å². The molecule has 6 unspecified atom stereocenters. The van der Waals surface area contributed by atoms with Crippen LogP contribution in [0.15, 0.2) is 0 Å². The number of hydrogen-bond acceptors (Lipinski definition) is 7. The highest BCUT2D eigenvalue weighted by Crippen LogP contribution is 2.42. The first-order valence-electron chi connectivity index (χ1n) is 11.1. The van der Waals surface area contributed by atoms with Gasteiger partial charge in [-0.15, -0.1) is 0 Å². The summed E-state index contributed by atoms with van der Waals surface area (Å²) in [5.41, 5.74) is -0.645. The molecule has 3 rings (SSSR count). The van der Waals surface area contributed by atoms with Gasteiger partial charge in [0.05, 0.1) is 25.9 Å². The normalized spacial score (nSPS) is 33.5. The van der Waals surface area contributed by atoms with Gasteiger partial charge in [-0.1, -0.05) is 40.0 Å². The Morgan fingerprint density at radius 3 is 2.39 bits per heavy atom. The Bertz CT molecular complexity index is 495. The molecule has 2 saturated heterocycles. The van der Waals surface area contributed by atoms with Gasteiger partial charge in [0.15, 0.2) is 0 Å². The van der Waals surface area contributed by atoms with Crippen molar-refractivity contribution in [1.82, 2.24) is 10.6 Å². The molecule has 0 aromatic carbocycles. The molecule has 2 heterocycles. The number of unbranched alkanes of at least 4 members (excludes halogenated alkanes) is 1. The lowest BCUT2D eigenvalue weighted by molar-refractivity contribution is 0.00862. The van der Waals surface area contributed by atoms with Gasteiger partial charge in [-0.3, -0.25) is 5.32 Å². The van der Waals surface area contributed by atoms with Crippen LogP contribution in [0, 0.1) is 5.92 Å². The molecule has 28 heavy (non-hydrogen) atoms. The third-order valence-corrected chi connectivity index (χ3v) is 6.67. The minimum absolute atomic E-state index is 0.0413. The molecule has 0 aromatic rings. The summed E-state index contributed by atoms with van der Waals surface area (Å²) in [7, 11) is 0. The van der Waals surface area contributed by atoms with E-state index in [2.05, 4.69) is 24.5 Å². The van der Waals surface area contributed by atoms with Gasteiger partial charge in [0.1, 0.15) is 24.0 Å². The van der Waals surface area contributed by atoms with Gasteiger partial charge in [-0.2, -0.15) is 0 Å². The van der Waals surface area contributed by atoms with Crippen LogP contribution in [0.3, 0.4) is 0 Å². The van der Waals surface area contributed by atoms with E-state index in [1.165, 1.54) is 32.1 Å².